The zero-order chi connectivity index (χ0) is 18.1. The van der Waals surface area contributed by atoms with Crippen LogP contribution < -0.4 is 0 Å². The highest BCUT2D eigenvalue weighted by atomic mass is 35.5. The first-order chi connectivity index (χ1) is 11.9. The van der Waals surface area contributed by atoms with Crippen LogP contribution in [-0.2, 0) is 9.59 Å². The van der Waals surface area contributed by atoms with Gasteiger partial charge in [-0.3, -0.25) is 4.79 Å². The Kier molecular flexibility index (Phi) is 5.40. The van der Waals surface area contributed by atoms with Gasteiger partial charge >= 0.3 is 0 Å². The minimum atomic E-state index is -0.749. The first-order valence-corrected chi connectivity index (χ1v) is 9.83. The normalized spacial score (nSPS) is 21.3. The van der Waals surface area contributed by atoms with Crippen LogP contribution in [0.25, 0.3) is 10.6 Å². The van der Waals surface area contributed by atoms with E-state index in [1.54, 1.807) is 0 Å². The largest absolute Gasteiger partial charge is 0.302 e. The minimum absolute atomic E-state index is 0.0106. The van der Waals surface area contributed by atoms with Gasteiger partial charge in [-0.2, -0.15) is 0 Å². The van der Waals surface area contributed by atoms with Crippen LogP contribution in [0.1, 0.15) is 48.2 Å². The molecule has 1 heterocycles. The van der Waals surface area contributed by atoms with Gasteiger partial charge in [0.2, 0.25) is 0 Å². The van der Waals surface area contributed by atoms with E-state index in [0.717, 1.165) is 46.6 Å². The lowest BCUT2D eigenvalue weighted by Crippen LogP contribution is -2.22. The van der Waals surface area contributed by atoms with Gasteiger partial charge in [-0.05, 0) is 50.7 Å². The van der Waals surface area contributed by atoms with Crippen LogP contribution in [0.5, 0.6) is 0 Å². The van der Waals surface area contributed by atoms with E-state index in [2.05, 4.69) is 11.9 Å². The Morgan fingerprint density at radius 1 is 1.36 bits per heavy atom. The highest BCUT2D eigenvalue weighted by Gasteiger charge is 2.34. The molecule has 2 aromatic rings. The molecule has 1 aromatic heterocycles. The summed E-state index contributed by atoms with van der Waals surface area (Å²) in [6.07, 6.45) is 3.59. The maximum Gasteiger partial charge on any atom is 0.152 e. The van der Waals surface area contributed by atoms with Crippen LogP contribution in [0, 0.1) is 25.7 Å². The summed E-state index contributed by atoms with van der Waals surface area (Å²) in [6.45, 7) is 6.04. The topological polar surface area (TPSA) is 47.0 Å². The number of ketones is 1. The molecule has 132 valence electrons. The van der Waals surface area contributed by atoms with Gasteiger partial charge < -0.3 is 4.79 Å². The molecular formula is C20H22ClNO2S. The minimum Gasteiger partial charge on any atom is -0.302 e. The monoisotopic (exact) mass is 375 g/mol. The Hall–Kier alpha value is -1.52. The number of thiazole rings is 1. The highest BCUT2D eigenvalue weighted by Crippen LogP contribution is 2.37. The second-order valence-corrected chi connectivity index (χ2v) is 8.67. The molecular weight excluding hydrogens is 354 g/mol. The molecule has 0 N–H and O–H groups in total. The van der Waals surface area contributed by atoms with Gasteiger partial charge in [0.05, 0.1) is 5.69 Å². The van der Waals surface area contributed by atoms with Gasteiger partial charge in [0.25, 0.3) is 0 Å². The molecule has 0 bridgehead atoms. The Bertz CT molecular complexity index is 814. The summed E-state index contributed by atoms with van der Waals surface area (Å²) in [6, 6.07) is 5.81. The van der Waals surface area contributed by atoms with Crippen LogP contribution in [0.2, 0.25) is 5.02 Å². The summed E-state index contributed by atoms with van der Waals surface area (Å²) in [5.41, 5.74) is 2.54. The molecule has 5 heteroatoms. The van der Waals surface area contributed by atoms with Crippen molar-refractivity contribution in [2.45, 2.75) is 46.0 Å². The number of Topliss-reactive ketones (excluding diaryl/α,β-unsaturated/α-hetero) is 1. The molecule has 0 saturated heterocycles. The number of rotatable bonds is 5. The highest BCUT2D eigenvalue weighted by molar-refractivity contribution is 7.15. The van der Waals surface area contributed by atoms with Gasteiger partial charge in [-0.15, -0.1) is 11.3 Å². The quantitative estimate of drug-likeness (QED) is 0.521. The van der Waals surface area contributed by atoms with Crippen molar-refractivity contribution >= 4 is 35.0 Å². The number of hydrogen-bond acceptors (Lipinski definition) is 4. The molecule has 1 unspecified atom stereocenters. The predicted octanol–water partition coefficient (Wildman–Crippen LogP) is 5.37. The standard InChI is InChI=1S/C20H22ClNO2S/c1-11-4-6-14(8-11)19(24)16(10-23)18-13(3)25-20(22-18)15-7-5-12(2)17(21)9-15/h5,7,9-11,14,16H,4,6,8H2,1-3H3/t11-,14-,16?/m1/s1. The van der Waals surface area contributed by atoms with Crippen molar-refractivity contribution in [3.8, 4) is 10.6 Å². The smallest absolute Gasteiger partial charge is 0.152 e. The molecule has 0 spiro atoms. The van der Waals surface area contributed by atoms with Crippen LogP contribution >= 0.6 is 22.9 Å². The average Bonchev–Trinajstić information content (AvgIpc) is 3.17. The number of aryl methyl sites for hydroxylation is 2. The second-order valence-electron chi connectivity index (χ2n) is 7.06. The molecule has 1 fully saturated rings. The summed E-state index contributed by atoms with van der Waals surface area (Å²) < 4.78 is 0. The Morgan fingerprint density at radius 3 is 2.72 bits per heavy atom. The number of hydrogen-bond donors (Lipinski definition) is 0. The van der Waals surface area contributed by atoms with E-state index in [1.165, 1.54) is 11.3 Å². The summed E-state index contributed by atoms with van der Waals surface area (Å²) >= 11 is 7.72. The lowest BCUT2D eigenvalue weighted by molar-refractivity contribution is -0.127. The van der Waals surface area contributed by atoms with Crippen LogP contribution in [-0.4, -0.2) is 17.1 Å². The summed E-state index contributed by atoms with van der Waals surface area (Å²) in [7, 11) is 0. The second kappa shape index (κ2) is 7.38. The number of carbonyl (C=O) groups is 2. The molecule has 1 saturated carbocycles. The van der Waals surface area contributed by atoms with Crippen molar-refractivity contribution < 1.29 is 9.59 Å². The van der Waals surface area contributed by atoms with E-state index in [4.69, 9.17) is 11.6 Å². The van der Waals surface area contributed by atoms with Crippen molar-refractivity contribution in [2.75, 3.05) is 0 Å². The number of aldehydes is 1. The lowest BCUT2D eigenvalue weighted by atomic mass is 9.89. The molecule has 1 aliphatic rings. The number of nitrogens with zero attached hydrogens (tertiary/aromatic N) is 1. The summed E-state index contributed by atoms with van der Waals surface area (Å²) in [5, 5.41) is 1.49. The van der Waals surface area contributed by atoms with Gasteiger partial charge in [-0.1, -0.05) is 30.7 Å². The number of halogens is 1. The fourth-order valence-electron chi connectivity index (χ4n) is 3.53. The number of carbonyl (C=O) groups excluding carboxylic acids is 2. The lowest BCUT2D eigenvalue weighted by Gasteiger charge is -2.13. The first kappa shape index (κ1) is 18.3. The predicted molar refractivity (Wildman–Crippen MR) is 102 cm³/mol. The SMILES string of the molecule is Cc1ccc(-c2nc(C(C=O)C(=O)[C@@H]3CC[C@@H](C)C3)c(C)s2)cc1Cl. The van der Waals surface area contributed by atoms with E-state index < -0.39 is 5.92 Å². The molecule has 0 amide bonds. The summed E-state index contributed by atoms with van der Waals surface area (Å²) in [4.78, 5) is 30.1. The van der Waals surface area contributed by atoms with E-state index >= 15 is 0 Å². The van der Waals surface area contributed by atoms with E-state index in [9.17, 15) is 9.59 Å². The fourth-order valence-corrected chi connectivity index (χ4v) is 4.67. The van der Waals surface area contributed by atoms with Crippen molar-refractivity contribution in [2.24, 2.45) is 11.8 Å². The van der Waals surface area contributed by atoms with Crippen molar-refractivity contribution in [1.82, 2.24) is 4.98 Å². The molecule has 1 aliphatic carbocycles. The van der Waals surface area contributed by atoms with E-state index in [0.29, 0.717) is 16.6 Å². The molecule has 0 aliphatic heterocycles. The third-order valence-corrected chi connectivity index (χ3v) is 6.53. The zero-order valence-corrected chi connectivity index (χ0v) is 16.3. The van der Waals surface area contributed by atoms with E-state index in [-0.39, 0.29) is 11.7 Å². The fraction of sp³-hybridized carbons (Fsp3) is 0.450. The van der Waals surface area contributed by atoms with Crippen molar-refractivity contribution in [3.05, 3.63) is 39.4 Å². The van der Waals surface area contributed by atoms with Crippen LogP contribution in [0.15, 0.2) is 18.2 Å². The van der Waals surface area contributed by atoms with Gasteiger partial charge in [0.15, 0.2) is 5.78 Å². The third kappa shape index (κ3) is 3.70. The zero-order valence-electron chi connectivity index (χ0n) is 14.7. The molecule has 25 heavy (non-hydrogen) atoms. The molecule has 1 aromatic carbocycles. The third-order valence-electron chi connectivity index (χ3n) is 5.09. The summed E-state index contributed by atoms with van der Waals surface area (Å²) in [5.74, 6) is -0.172. The average molecular weight is 376 g/mol. The molecule has 3 nitrogen and oxygen atoms in total. The van der Waals surface area contributed by atoms with Gasteiger partial charge in [0.1, 0.15) is 17.2 Å². The van der Waals surface area contributed by atoms with E-state index in [1.807, 2.05) is 32.0 Å². The Balaban J connectivity index is 1.91. The Labute approximate surface area is 157 Å². The molecule has 3 rings (SSSR count). The van der Waals surface area contributed by atoms with Crippen LogP contribution in [0.3, 0.4) is 0 Å². The maximum atomic E-state index is 12.8. The molecule has 3 atom stereocenters. The Morgan fingerprint density at radius 2 is 2.12 bits per heavy atom. The van der Waals surface area contributed by atoms with Crippen molar-refractivity contribution in [3.63, 3.8) is 0 Å². The number of aromatic nitrogens is 1. The maximum absolute atomic E-state index is 12.8. The van der Waals surface area contributed by atoms with Gasteiger partial charge in [-0.25, -0.2) is 4.98 Å². The van der Waals surface area contributed by atoms with Crippen molar-refractivity contribution in [1.29, 1.82) is 0 Å². The van der Waals surface area contributed by atoms with Gasteiger partial charge in [0, 0.05) is 21.4 Å². The number of benzene rings is 1. The molecule has 0 radical (unpaired) electrons. The van der Waals surface area contributed by atoms with Crippen LogP contribution in [0.4, 0.5) is 0 Å². The first-order valence-electron chi connectivity index (χ1n) is 8.63.